The highest BCUT2D eigenvalue weighted by atomic mass is 16.6. The summed E-state index contributed by atoms with van der Waals surface area (Å²) in [4.78, 5) is 28.6. The van der Waals surface area contributed by atoms with Crippen LogP contribution in [-0.2, 0) is 4.74 Å². The molecule has 0 radical (unpaired) electrons. The van der Waals surface area contributed by atoms with Gasteiger partial charge in [-0.25, -0.2) is 9.78 Å². The van der Waals surface area contributed by atoms with E-state index in [-0.39, 0.29) is 23.0 Å². The number of nitrogens with two attached hydrogens (primary N) is 1. The predicted molar refractivity (Wildman–Crippen MR) is 86.3 cm³/mol. The molecule has 1 spiro atoms. The van der Waals surface area contributed by atoms with E-state index in [1.807, 2.05) is 20.8 Å². The molecule has 1 atom stereocenters. The Hall–Kier alpha value is -2.42. The second-order valence-electron chi connectivity index (χ2n) is 7.37. The summed E-state index contributed by atoms with van der Waals surface area (Å²) in [6, 6.07) is 2.61. The minimum atomic E-state index is -0.593. The maximum Gasteiger partial charge on any atom is 0.410 e. The first-order valence-electron chi connectivity index (χ1n) is 7.74. The van der Waals surface area contributed by atoms with Crippen molar-refractivity contribution in [2.75, 3.05) is 25.4 Å². The third kappa shape index (κ3) is 2.64. The number of rotatable bonds is 2. The molecule has 0 saturated carbocycles. The number of nitro groups is 1. The van der Waals surface area contributed by atoms with Gasteiger partial charge in [-0.15, -0.1) is 0 Å². The van der Waals surface area contributed by atoms with Gasteiger partial charge in [0.15, 0.2) is 0 Å². The average molecular weight is 335 g/mol. The minimum absolute atomic E-state index is 0.105. The molecule has 9 heteroatoms. The number of aromatic nitrogens is 1. The number of carbonyl (C=O) groups is 1. The Morgan fingerprint density at radius 1 is 1.50 bits per heavy atom. The van der Waals surface area contributed by atoms with Gasteiger partial charge in [0.05, 0.1) is 16.7 Å². The molecule has 130 valence electrons. The summed E-state index contributed by atoms with van der Waals surface area (Å²) in [5, 5.41) is 14.1. The van der Waals surface area contributed by atoms with Crippen molar-refractivity contribution in [3.63, 3.8) is 0 Å². The van der Waals surface area contributed by atoms with E-state index in [0.29, 0.717) is 12.2 Å². The van der Waals surface area contributed by atoms with Gasteiger partial charge in [0.2, 0.25) is 5.82 Å². The molecular weight excluding hydrogens is 314 g/mol. The molecule has 2 saturated heterocycles. The fourth-order valence-corrected chi connectivity index (χ4v) is 3.24. The second-order valence-corrected chi connectivity index (χ2v) is 7.37. The fourth-order valence-electron chi connectivity index (χ4n) is 3.24. The molecule has 0 bridgehead atoms. The first kappa shape index (κ1) is 16.4. The van der Waals surface area contributed by atoms with Crippen LogP contribution in [0.5, 0.6) is 0 Å². The number of anilines is 1. The van der Waals surface area contributed by atoms with Gasteiger partial charge in [0.25, 0.3) is 0 Å². The highest BCUT2D eigenvalue weighted by molar-refractivity contribution is 5.71. The summed E-state index contributed by atoms with van der Waals surface area (Å²) in [5.74, 6) is -0.143. The summed E-state index contributed by atoms with van der Waals surface area (Å²) in [6.45, 7) is 7.51. The van der Waals surface area contributed by atoms with E-state index >= 15 is 0 Å². The van der Waals surface area contributed by atoms with Crippen molar-refractivity contribution in [2.45, 2.75) is 32.4 Å². The maximum absolute atomic E-state index is 12.4. The number of hydrogen-bond donors (Lipinski definition) is 2. The Morgan fingerprint density at radius 2 is 2.17 bits per heavy atom. The molecule has 3 rings (SSSR count). The van der Waals surface area contributed by atoms with Crippen LogP contribution >= 0.6 is 0 Å². The Balaban J connectivity index is 1.88. The van der Waals surface area contributed by atoms with E-state index in [0.717, 1.165) is 13.1 Å². The lowest BCUT2D eigenvalue weighted by Gasteiger charge is -2.61. The first-order valence-corrected chi connectivity index (χ1v) is 7.74. The number of nitrogens with zero attached hydrogens (tertiary/aromatic N) is 3. The van der Waals surface area contributed by atoms with Crippen LogP contribution in [0.4, 0.5) is 16.3 Å². The van der Waals surface area contributed by atoms with E-state index in [1.54, 1.807) is 11.0 Å². The molecule has 2 aliphatic heterocycles. The topological polar surface area (TPSA) is 124 Å². The molecule has 3 heterocycles. The van der Waals surface area contributed by atoms with Gasteiger partial charge in [-0.2, -0.15) is 0 Å². The highest BCUT2D eigenvalue weighted by Crippen LogP contribution is 2.51. The van der Waals surface area contributed by atoms with Crippen molar-refractivity contribution in [3.05, 3.63) is 27.9 Å². The lowest BCUT2D eigenvalue weighted by atomic mass is 9.66. The minimum Gasteiger partial charge on any atom is -0.444 e. The Bertz CT molecular complexity index is 696. The van der Waals surface area contributed by atoms with Crippen molar-refractivity contribution in [1.82, 2.24) is 15.2 Å². The summed E-state index contributed by atoms with van der Waals surface area (Å²) in [5.41, 5.74) is 5.33. The number of hydrogen-bond acceptors (Lipinski definition) is 7. The maximum atomic E-state index is 12.4. The SMILES string of the molecule is CC(C)(C)OC(=O)N1CC2(CNC2)C1c1ccc([N+](=O)[O-])c(N)n1. The van der Waals surface area contributed by atoms with Crippen molar-refractivity contribution < 1.29 is 14.5 Å². The van der Waals surface area contributed by atoms with Gasteiger partial charge in [0.1, 0.15) is 5.60 Å². The summed E-state index contributed by atoms with van der Waals surface area (Å²) >= 11 is 0. The standard InChI is InChI=1S/C15H21N5O4/c1-14(2,3)24-13(21)19-8-15(6-17-7-15)11(19)9-4-5-10(20(22)23)12(16)18-9/h4-5,11,17H,6-8H2,1-3H3,(H2,16,18). The van der Waals surface area contributed by atoms with Gasteiger partial charge >= 0.3 is 11.8 Å². The van der Waals surface area contributed by atoms with E-state index in [1.165, 1.54) is 6.07 Å². The van der Waals surface area contributed by atoms with E-state index in [9.17, 15) is 14.9 Å². The summed E-state index contributed by atoms with van der Waals surface area (Å²) in [6.07, 6.45) is -0.413. The number of nitrogens with one attached hydrogen (secondary N) is 1. The van der Waals surface area contributed by atoms with E-state index in [4.69, 9.17) is 10.5 Å². The van der Waals surface area contributed by atoms with Crippen LogP contribution in [-0.4, -0.2) is 46.1 Å². The smallest absolute Gasteiger partial charge is 0.410 e. The molecule has 0 aliphatic carbocycles. The fraction of sp³-hybridized carbons (Fsp3) is 0.600. The molecule has 1 unspecified atom stereocenters. The Labute approximate surface area is 139 Å². The lowest BCUT2D eigenvalue weighted by Crippen LogP contribution is -2.73. The molecule has 2 aliphatic rings. The summed E-state index contributed by atoms with van der Waals surface area (Å²) in [7, 11) is 0. The average Bonchev–Trinajstić information content (AvgIpc) is 2.33. The highest BCUT2D eigenvalue weighted by Gasteiger charge is 2.60. The largest absolute Gasteiger partial charge is 0.444 e. The van der Waals surface area contributed by atoms with Crippen LogP contribution in [0.2, 0.25) is 0 Å². The molecule has 1 amide bonds. The zero-order chi connectivity index (χ0) is 17.7. The number of nitrogen functional groups attached to an aromatic ring is 1. The third-order valence-corrected chi connectivity index (χ3v) is 4.36. The number of carbonyl (C=O) groups excluding carboxylic acids is 1. The Morgan fingerprint density at radius 3 is 2.62 bits per heavy atom. The van der Waals surface area contributed by atoms with Crippen LogP contribution < -0.4 is 11.1 Å². The molecule has 1 aromatic heterocycles. The monoisotopic (exact) mass is 335 g/mol. The van der Waals surface area contributed by atoms with Gasteiger partial charge < -0.3 is 15.8 Å². The zero-order valence-corrected chi connectivity index (χ0v) is 13.9. The van der Waals surface area contributed by atoms with Crippen LogP contribution in [0, 0.1) is 15.5 Å². The zero-order valence-electron chi connectivity index (χ0n) is 13.9. The quantitative estimate of drug-likeness (QED) is 0.619. The molecule has 3 N–H and O–H groups in total. The number of pyridine rings is 1. The summed E-state index contributed by atoms with van der Waals surface area (Å²) < 4.78 is 5.45. The molecule has 0 aromatic carbocycles. The third-order valence-electron chi connectivity index (χ3n) is 4.36. The van der Waals surface area contributed by atoms with E-state index in [2.05, 4.69) is 10.3 Å². The first-order chi connectivity index (χ1) is 11.1. The Kier molecular flexibility index (Phi) is 3.63. The van der Waals surface area contributed by atoms with Gasteiger partial charge in [-0.05, 0) is 26.8 Å². The lowest BCUT2D eigenvalue weighted by molar-refractivity contribution is -0.384. The molecule has 9 nitrogen and oxygen atoms in total. The molecule has 24 heavy (non-hydrogen) atoms. The van der Waals surface area contributed by atoms with Crippen LogP contribution in [0.3, 0.4) is 0 Å². The number of amides is 1. The van der Waals surface area contributed by atoms with Crippen molar-refractivity contribution in [2.24, 2.45) is 5.41 Å². The van der Waals surface area contributed by atoms with Gasteiger partial charge in [0, 0.05) is 31.1 Å². The van der Waals surface area contributed by atoms with Crippen molar-refractivity contribution >= 4 is 17.6 Å². The predicted octanol–water partition coefficient (Wildman–Crippen LogP) is 1.45. The van der Waals surface area contributed by atoms with Crippen LogP contribution in [0.15, 0.2) is 12.1 Å². The molecular formula is C15H21N5O4. The molecule has 2 fully saturated rings. The van der Waals surface area contributed by atoms with Gasteiger partial charge in [-0.3, -0.25) is 15.0 Å². The second kappa shape index (κ2) is 5.30. The van der Waals surface area contributed by atoms with Crippen molar-refractivity contribution in [3.8, 4) is 0 Å². The number of ether oxygens (including phenoxy) is 1. The van der Waals surface area contributed by atoms with Gasteiger partial charge in [-0.1, -0.05) is 0 Å². The van der Waals surface area contributed by atoms with Crippen LogP contribution in [0.1, 0.15) is 32.5 Å². The molecule has 1 aromatic rings. The normalized spacial score (nSPS) is 21.8. The van der Waals surface area contributed by atoms with E-state index < -0.39 is 16.6 Å². The number of likely N-dealkylation sites (tertiary alicyclic amines) is 1. The van der Waals surface area contributed by atoms with Crippen molar-refractivity contribution in [1.29, 1.82) is 0 Å². The van der Waals surface area contributed by atoms with Crippen LogP contribution in [0.25, 0.3) is 0 Å².